The predicted octanol–water partition coefficient (Wildman–Crippen LogP) is 1.10. The molecule has 1 atom stereocenters. The molecule has 1 aromatic rings. The number of aromatic nitrogens is 2. The summed E-state index contributed by atoms with van der Waals surface area (Å²) in [6.45, 7) is 1.62. The van der Waals surface area contributed by atoms with Crippen LogP contribution in [0.4, 0.5) is 0 Å². The SMILES string of the molecule is C[C@H](Sc1nncs1)C(=O)O. The molecule has 60 valence electrons. The Labute approximate surface area is 71.7 Å². The molecule has 6 heteroatoms. The summed E-state index contributed by atoms with van der Waals surface area (Å²) >= 11 is 2.55. The number of carbonyl (C=O) groups is 1. The molecule has 0 amide bonds. The smallest absolute Gasteiger partial charge is 0.316 e. The maximum atomic E-state index is 10.4. The summed E-state index contributed by atoms with van der Waals surface area (Å²) < 4.78 is 0.694. The van der Waals surface area contributed by atoms with E-state index in [1.165, 1.54) is 23.1 Å². The van der Waals surface area contributed by atoms with E-state index in [2.05, 4.69) is 10.2 Å². The first-order chi connectivity index (χ1) is 5.20. The lowest BCUT2D eigenvalue weighted by molar-refractivity contribution is -0.136. The van der Waals surface area contributed by atoms with Crippen LogP contribution in [0.3, 0.4) is 0 Å². The Hall–Kier alpha value is -0.620. The Morgan fingerprint density at radius 1 is 1.91 bits per heavy atom. The third kappa shape index (κ3) is 2.47. The van der Waals surface area contributed by atoms with E-state index in [9.17, 15) is 4.79 Å². The minimum absolute atomic E-state index is 0.456. The van der Waals surface area contributed by atoms with Crippen LogP contribution in [0.15, 0.2) is 9.85 Å². The van der Waals surface area contributed by atoms with Gasteiger partial charge in [0.2, 0.25) is 0 Å². The number of nitrogens with zero attached hydrogens (tertiary/aromatic N) is 2. The first kappa shape index (κ1) is 8.48. The highest BCUT2D eigenvalue weighted by Crippen LogP contribution is 2.23. The molecule has 11 heavy (non-hydrogen) atoms. The number of thioether (sulfide) groups is 1. The van der Waals surface area contributed by atoms with Crippen molar-refractivity contribution in [3.8, 4) is 0 Å². The average Bonchev–Trinajstić information content (AvgIpc) is 2.39. The zero-order chi connectivity index (χ0) is 8.27. The van der Waals surface area contributed by atoms with Crippen molar-refractivity contribution in [3.63, 3.8) is 0 Å². The zero-order valence-corrected chi connectivity index (χ0v) is 7.35. The topological polar surface area (TPSA) is 63.1 Å². The Bertz CT molecular complexity index is 237. The van der Waals surface area contributed by atoms with Crippen molar-refractivity contribution in [2.24, 2.45) is 0 Å². The molecular formula is C5H6N2O2S2. The lowest BCUT2D eigenvalue weighted by atomic mass is 10.5. The summed E-state index contributed by atoms with van der Waals surface area (Å²) in [5.74, 6) is -0.829. The maximum Gasteiger partial charge on any atom is 0.316 e. The number of hydrogen-bond acceptors (Lipinski definition) is 5. The number of rotatable bonds is 3. The number of hydrogen-bond donors (Lipinski definition) is 1. The van der Waals surface area contributed by atoms with Gasteiger partial charge in [0.15, 0.2) is 4.34 Å². The molecule has 0 saturated carbocycles. The van der Waals surface area contributed by atoms with Crippen molar-refractivity contribution in [1.82, 2.24) is 10.2 Å². The Morgan fingerprint density at radius 2 is 2.64 bits per heavy atom. The summed E-state index contributed by atoms with van der Waals surface area (Å²) in [5.41, 5.74) is 1.58. The molecule has 0 unspecified atom stereocenters. The molecule has 0 aliphatic rings. The van der Waals surface area contributed by atoms with Crippen LogP contribution >= 0.6 is 23.1 Å². The van der Waals surface area contributed by atoms with E-state index >= 15 is 0 Å². The molecule has 4 nitrogen and oxygen atoms in total. The molecule has 0 radical (unpaired) electrons. The second-order valence-electron chi connectivity index (χ2n) is 1.80. The fraction of sp³-hybridized carbons (Fsp3) is 0.400. The first-order valence-corrected chi connectivity index (χ1v) is 4.61. The zero-order valence-electron chi connectivity index (χ0n) is 5.72. The molecule has 0 saturated heterocycles. The fourth-order valence-corrected chi connectivity index (χ4v) is 1.98. The molecule has 1 N–H and O–H groups in total. The van der Waals surface area contributed by atoms with Crippen molar-refractivity contribution in [1.29, 1.82) is 0 Å². The average molecular weight is 190 g/mol. The van der Waals surface area contributed by atoms with E-state index in [-0.39, 0.29) is 0 Å². The third-order valence-electron chi connectivity index (χ3n) is 0.965. The fourth-order valence-electron chi connectivity index (χ4n) is 0.416. The molecule has 0 spiro atoms. The van der Waals surface area contributed by atoms with Crippen LogP contribution in [0.2, 0.25) is 0 Å². The van der Waals surface area contributed by atoms with E-state index in [0.717, 1.165) is 0 Å². The highest BCUT2D eigenvalue weighted by molar-refractivity contribution is 8.02. The molecule has 0 aliphatic heterocycles. The van der Waals surface area contributed by atoms with Gasteiger partial charge in [0.05, 0.1) is 0 Å². The highest BCUT2D eigenvalue weighted by atomic mass is 32.2. The van der Waals surface area contributed by atoms with Crippen molar-refractivity contribution in [2.45, 2.75) is 16.5 Å². The van der Waals surface area contributed by atoms with E-state index in [4.69, 9.17) is 5.11 Å². The normalized spacial score (nSPS) is 12.8. The third-order valence-corrected chi connectivity index (χ3v) is 2.86. The van der Waals surface area contributed by atoms with Crippen LogP contribution in [0.25, 0.3) is 0 Å². The van der Waals surface area contributed by atoms with Crippen LogP contribution in [-0.2, 0) is 4.79 Å². The summed E-state index contributed by atoms with van der Waals surface area (Å²) in [5, 5.41) is 15.4. The lowest BCUT2D eigenvalue weighted by Crippen LogP contribution is -2.10. The summed E-state index contributed by atoms with van der Waals surface area (Å²) in [7, 11) is 0. The van der Waals surface area contributed by atoms with Crippen molar-refractivity contribution < 1.29 is 9.90 Å². The minimum atomic E-state index is -0.829. The Morgan fingerprint density at radius 3 is 3.09 bits per heavy atom. The van der Waals surface area contributed by atoms with Crippen LogP contribution in [0.1, 0.15) is 6.92 Å². The molecular weight excluding hydrogens is 184 g/mol. The van der Waals surface area contributed by atoms with Crippen molar-refractivity contribution >= 4 is 29.1 Å². The van der Waals surface area contributed by atoms with Gasteiger partial charge < -0.3 is 5.11 Å². The number of aliphatic carboxylic acids is 1. The predicted molar refractivity (Wildman–Crippen MR) is 42.9 cm³/mol. The first-order valence-electron chi connectivity index (χ1n) is 2.86. The second-order valence-corrected chi connectivity index (χ2v) is 4.22. The van der Waals surface area contributed by atoms with E-state index in [0.29, 0.717) is 4.34 Å². The van der Waals surface area contributed by atoms with Crippen molar-refractivity contribution in [2.75, 3.05) is 0 Å². The van der Waals surface area contributed by atoms with Crippen LogP contribution in [0.5, 0.6) is 0 Å². The molecule has 1 heterocycles. The van der Waals surface area contributed by atoms with Gasteiger partial charge >= 0.3 is 5.97 Å². The Kier molecular flexibility index (Phi) is 2.84. The van der Waals surface area contributed by atoms with Gasteiger partial charge in [-0.25, -0.2) is 0 Å². The van der Waals surface area contributed by atoms with E-state index < -0.39 is 11.2 Å². The van der Waals surface area contributed by atoms with E-state index in [1.54, 1.807) is 12.4 Å². The van der Waals surface area contributed by atoms with Gasteiger partial charge in [-0.1, -0.05) is 23.1 Å². The van der Waals surface area contributed by atoms with Gasteiger partial charge in [0, 0.05) is 0 Å². The van der Waals surface area contributed by atoms with Gasteiger partial charge in [-0.3, -0.25) is 4.79 Å². The van der Waals surface area contributed by atoms with E-state index in [1.807, 2.05) is 0 Å². The molecule has 1 aromatic heterocycles. The molecule has 0 fully saturated rings. The lowest BCUT2D eigenvalue weighted by Gasteiger charge is -1.99. The van der Waals surface area contributed by atoms with Crippen LogP contribution in [-0.4, -0.2) is 26.5 Å². The molecule has 0 aromatic carbocycles. The largest absolute Gasteiger partial charge is 0.480 e. The quantitative estimate of drug-likeness (QED) is 0.723. The maximum absolute atomic E-state index is 10.4. The van der Waals surface area contributed by atoms with Crippen LogP contribution in [0, 0.1) is 0 Å². The second kappa shape index (κ2) is 3.68. The van der Waals surface area contributed by atoms with Gasteiger partial charge in [-0.15, -0.1) is 10.2 Å². The minimum Gasteiger partial charge on any atom is -0.480 e. The number of carboxylic acid groups (broad SMARTS) is 1. The van der Waals surface area contributed by atoms with Gasteiger partial charge in [-0.2, -0.15) is 0 Å². The standard InChI is InChI=1S/C5H6N2O2S2/c1-3(4(8)9)11-5-7-6-2-10-5/h2-3H,1H3,(H,8,9)/t3-/m0/s1. The van der Waals surface area contributed by atoms with Gasteiger partial charge in [-0.05, 0) is 6.92 Å². The molecule has 0 aliphatic carbocycles. The number of carboxylic acids is 1. The molecule has 0 bridgehead atoms. The summed E-state index contributed by atoms with van der Waals surface area (Å²) in [6, 6.07) is 0. The van der Waals surface area contributed by atoms with Gasteiger partial charge in [0.1, 0.15) is 10.8 Å². The monoisotopic (exact) mass is 190 g/mol. The van der Waals surface area contributed by atoms with Crippen LogP contribution < -0.4 is 0 Å². The molecule has 1 rings (SSSR count). The van der Waals surface area contributed by atoms with Crippen molar-refractivity contribution in [3.05, 3.63) is 5.51 Å². The summed E-state index contributed by atoms with van der Waals surface area (Å²) in [4.78, 5) is 10.4. The highest BCUT2D eigenvalue weighted by Gasteiger charge is 2.13. The Balaban J connectivity index is 2.50. The van der Waals surface area contributed by atoms with Gasteiger partial charge in [0.25, 0.3) is 0 Å². The summed E-state index contributed by atoms with van der Waals surface area (Å²) in [6.07, 6.45) is 0.